The van der Waals surface area contributed by atoms with E-state index in [2.05, 4.69) is 0 Å². The highest BCUT2D eigenvalue weighted by Crippen LogP contribution is 2.47. The van der Waals surface area contributed by atoms with Crippen molar-refractivity contribution in [2.75, 3.05) is 4.90 Å². The molecule has 4 nitrogen and oxygen atoms in total. The number of benzene rings is 1. The predicted octanol–water partition coefficient (Wildman–Crippen LogP) is 1.82. The highest BCUT2D eigenvalue weighted by molar-refractivity contribution is 6.23. The van der Waals surface area contributed by atoms with E-state index in [9.17, 15) is 31.5 Å². The van der Waals surface area contributed by atoms with Gasteiger partial charge in [-0.1, -0.05) is 12.2 Å². The second kappa shape index (κ2) is 4.38. The molecule has 3 aliphatic rings. The largest absolute Gasteiger partial charge is 0.365 e. The lowest BCUT2D eigenvalue weighted by molar-refractivity contribution is -0.124. The summed E-state index contributed by atoms with van der Waals surface area (Å²) in [6.07, 6.45) is 1.57. The van der Waals surface area contributed by atoms with Gasteiger partial charge in [-0.25, -0.2) is 26.9 Å². The Morgan fingerprint density at radius 3 is 1.57 bits per heavy atom. The van der Waals surface area contributed by atoms with Gasteiger partial charge < -0.3 is 4.74 Å². The lowest BCUT2D eigenvalue weighted by Gasteiger charge is -2.19. The number of carbonyl (C=O) groups is 2. The molecule has 3 aliphatic heterocycles. The van der Waals surface area contributed by atoms with Gasteiger partial charge in [0.15, 0.2) is 23.3 Å². The molecule has 0 saturated carbocycles. The molecule has 2 bridgehead atoms. The fourth-order valence-corrected chi connectivity index (χ4v) is 3.31. The van der Waals surface area contributed by atoms with Crippen LogP contribution in [0.4, 0.5) is 27.6 Å². The van der Waals surface area contributed by atoms with Gasteiger partial charge in [0.2, 0.25) is 17.6 Å². The fourth-order valence-electron chi connectivity index (χ4n) is 3.31. The van der Waals surface area contributed by atoms with Crippen LogP contribution in [0.1, 0.15) is 0 Å². The number of rotatable bonds is 1. The molecule has 2 fully saturated rings. The Balaban J connectivity index is 1.88. The molecule has 0 aliphatic carbocycles. The number of carbonyl (C=O) groups excluding carboxylic acids is 2. The summed E-state index contributed by atoms with van der Waals surface area (Å²) in [4.78, 5) is 24.7. The molecule has 4 atom stereocenters. The summed E-state index contributed by atoms with van der Waals surface area (Å²) in [6, 6.07) is 0. The second-order valence-corrected chi connectivity index (χ2v) is 5.43. The van der Waals surface area contributed by atoms with Crippen molar-refractivity contribution in [1.29, 1.82) is 0 Å². The number of hydrogen-bond acceptors (Lipinski definition) is 3. The molecule has 0 radical (unpaired) electrons. The fraction of sp³-hybridized carbons (Fsp3) is 0.286. The summed E-state index contributed by atoms with van der Waals surface area (Å²) in [5.74, 6) is -15.3. The van der Waals surface area contributed by atoms with Crippen LogP contribution in [0.3, 0.4) is 0 Å². The molecule has 23 heavy (non-hydrogen) atoms. The van der Waals surface area contributed by atoms with E-state index < -0.39 is 70.6 Å². The number of ether oxygens (including phenoxy) is 1. The molecule has 120 valence electrons. The summed E-state index contributed by atoms with van der Waals surface area (Å²) in [5, 5.41) is 0. The van der Waals surface area contributed by atoms with E-state index in [1.807, 2.05) is 0 Å². The first kappa shape index (κ1) is 14.3. The van der Waals surface area contributed by atoms with Gasteiger partial charge in [0.05, 0.1) is 24.0 Å². The molecule has 0 unspecified atom stereocenters. The van der Waals surface area contributed by atoms with Crippen molar-refractivity contribution in [3.8, 4) is 0 Å². The predicted molar refractivity (Wildman–Crippen MR) is 63.5 cm³/mol. The highest BCUT2D eigenvalue weighted by Gasteiger charge is 2.62. The summed E-state index contributed by atoms with van der Waals surface area (Å²) in [6.45, 7) is 0. The molecule has 9 heteroatoms. The summed E-state index contributed by atoms with van der Waals surface area (Å²) < 4.78 is 72.8. The first-order valence-electron chi connectivity index (χ1n) is 6.57. The van der Waals surface area contributed by atoms with Crippen LogP contribution in [-0.2, 0) is 14.3 Å². The SMILES string of the molecule is O=C1[C@@H]2[C@H](C(=O)N1c1c(F)c(F)c(F)c(F)c1F)[C@H]1C=C[C@H]2O1. The van der Waals surface area contributed by atoms with Gasteiger partial charge in [0.25, 0.3) is 0 Å². The normalized spacial score (nSPS) is 31.4. The average Bonchev–Trinajstić information content (AvgIpc) is 3.20. The standard InChI is InChI=1S/C14H6F5NO3/c15-7-8(16)10(18)12(11(19)9(7)17)20-13(21)5-3-1-2-4(23-3)6(5)14(20)22/h1-6H/t3-,4-,5-,6+/m1/s1. The first-order chi connectivity index (χ1) is 10.8. The number of halogens is 5. The number of fused-ring (bicyclic) bond motifs is 5. The van der Waals surface area contributed by atoms with Crippen LogP contribution in [0.15, 0.2) is 12.2 Å². The lowest BCUT2D eigenvalue weighted by Crippen LogP contribution is -2.36. The number of hydrogen-bond donors (Lipinski definition) is 0. The van der Waals surface area contributed by atoms with Crippen LogP contribution < -0.4 is 4.90 Å². The van der Waals surface area contributed by atoms with Crippen LogP contribution in [-0.4, -0.2) is 24.0 Å². The van der Waals surface area contributed by atoms with Gasteiger partial charge in [-0.3, -0.25) is 9.59 Å². The van der Waals surface area contributed by atoms with E-state index in [4.69, 9.17) is 4.74 Å². The van der Waals surface area contributed by atoms with Crippen LogP contribution in [0.5, 0.6) is 0 Å². The third kappa shape index (κ3) is 1.57. The van der Waals surface area contributed by atoms with Crippen LogP contribution >= 0.6 is 0 Å². The zero-order valence-corrected chi connectivity index (χ0v) is 11.0. The van der Waals surface area contributed by atoms with Gasteiger partial charge >= 0.3 is 0 Å². The van der Waals surface area contributed by atoms with Crippen molar-refractivity contribution in [2.24, 2.45) is 11.8 Å². The number of imide groups is 1. The van der Waals surface area contributed by atoms with Crippen molar-refractivity contribution in [2.45, 2.75) is 12.2 Å². The van der Waals surface area contributed by atoms with E-state index in [1.165, 1.54) is 12.2 Å². The Kier molecular flexibility index (Phi) is 2.72. The molecular formula is C14H6F5NO3. The Bertz CT molecular complexity index is 749. The van der Waals surface area contributed by atoms with Gasteiger partial charge in [0.1, 0.15) is 5.69 Å². The monoisotopic (exact) mass is 331 g/mol. The molecule has 4 rings (SSSR count). The molecule has 0 N–H and O–H groups in total. The van der Waals surface area contributed by atoms with E-state index in [-0.39, 0.29) is 4.90 Å². The lowest BCUT2D eigenvalue weighted by atomic mass is 9.85. The average molecular weight is 331 g/mol. The Hall–Kier alpha value is -2.29. The minimum atomic E-state index is -2.35. The maximum atomic E-state index is 13.9. The molecule has 0 aromatic heterocycles. The third-order valence-electron chi connectivity index (χ3n) is 4.32. The minimum Gasteiger partial charge on any atom is -0.365 e. The minimum absolute atomic E-state index is 0.0428. The Morgan fingerprint density at radius 1 is 0.739 bits per heavy atom. The molecule has 2 amide bonds. The van der Waals surface area contributed by atoms with E-state index in [1.54, 1.807) is 0 Å². The number of anilines is 1. The highest BCUT2D eigenvalue weighted by atomic mass is 19.2. The van der Waals surface area contributed by atoms with Crippen molar-refractivity contribution < 1.29 is 36.3 Å². The van der Waals surface area contributed by atoms with E-state index in [0.29, 0.717) is 0 Å². The zero-order chi connectivity index (χ0) is 16.6. The van der Waals surface area contributed by atoms with Crippen LogP contribution in [0, 0.1) is 40.9 Å². The number of amides is 2. The van der Waals surface area contributed by atoms with Gasteiger partial charge in [-0.05, 0) is 0 Å². The maximum absolute atomic E-state index is 13.9. The van der Waals surface area contributed by atoms with Crippen LogP contribution in [0.2, 0.25) is 0 Å². The molecule has 1 aromatic rings. The summed E-state index contributed by atoms with van der Waals surface area (Å²) in [5.41, 5.74) is -1.54. The molecule has 0 spiro atoms. The van der Waals surface area contributed by atoms with Crippen molar-refractivity contribution in [1.82, 2.24) is 0 Å². The van der Waals surface area contributed by atoms with Crippen molar-refractivity contribution in [3.63, 3.8) is 0 Å². The van der Waals surface area contributed by atoms with Crippen molar-refractivity contribution in [3.05, 3.63) is 41.2 Å². The molecule has 2 saturated heterocycles. The van der Waals surface area contributed by atoms with Crippen molar-refractivity contribution >= 4 is 17.5 Å². The number of nitrogens with zero attached hydrogens (tertiary/aromatic N) is 1. The first-order valence-corrected chi connectivity index (χ1v) is 6.57. The molecule has 3 heterocycles. The zero-order valence-electron chi connectivity index (χ0n) is 11.0. The maximum Gasteiger partial charge on any atom is 0.240 e. The third-order valence-corrected chi connectivity index (χ3v) is 4.32. The van der Waals surface area contributed by atoms with E-state index >= 15 is 0 Å². The van der Waals surface area contributed by atoms with Gasteiger partial charge in [-0.2, -0.15) is 0 Å². The van der Waals surface area contributed by atoms with E-state index in [0.717, 1.165) is 0 Å². The summed E-state index contributed by atoms with van der Waals surface area (Å²) >= 11 is 0. The quantitative estimate of drug-likeness (QED) is 0.259. The topological polar surface area (TPSA) is 46.6 Å². The van der Waals surface area contributed by atoms with Crippen LogP contribution in [0.25, 0.3) is 0 Å². The smallest absolute Gasteiger partial charge is 0.240 e. The second-order valence-electron chi connectivity index (χ2n) is 5.43. The molecular weight excluding hydrogens is 325 g/mol. The van der Waals surface area contributed by atoms with Gasteiger partial charge in [0, 0.05) is 0 Å². The van der Waals surface area contributed by atoms with Gasteiger partial charge in [-0.15, -0.1) is 0 Å². The Labute approximate surface area is 125 Å². The Morgan fingerprint density at radius 2 is 1.13 bits per heavy atom. The summed E-state index contributed by atoms with van der Waals surface area (Å²) in [7, 11) is 0. The molecule has 1 aromatic carbocycles.